The zero-order valence-corrected chi connectivity index (χ0v) is 22.7. The minimum Gasteiger partial charge on any atom is -0.322 e. The van der Waals surface area contributed by atoms with Gasteiger partial charge >= 0.3 is 0 Å². The van der Waals surface area contributed by atoms with Gasteiger partial charge < -0.3 is 10.2 Å². The molecule has 3 amide bonds. The van der Waals surface area contributed by atoms with Crippen LogP contribution in [0.5, 0.6) is 0 Å². The van der Waals surface area contributed by atoms with Gasteiger partial charge in [-0.1, -0.05) is 72.8 Å². The molecule has 8 heteroatoms. The van der Waals surface area contributed by atoms with E-state index in [0.29, 0.717) is 34.8 Å². The minimum absolute atomic E-state index is 0.0975. The van der Waals surface area contributed by atoms with Gasteiger partial charge in [0.15, 0.2) is 0 Å². The van der Waals surface area contributed by atoms with E-state index >= 15 is 0 Å². The van der Waals surface area contributed by atoms with Crippen molar-refractivity contribution in [3.05, 3.63) is 137 Å². The molecule has 4 aromatic rings. The number of carbonyl (C=O) groups excluding carboxylic acids is 3. The Balaban J connectivity index is 1.21. The summed E-state index contributed by atoms with van der Waals surface area (Å²) in [5.74, 6) is 0.00257. The van der Waals surface area contributed by atoms with Crippen LogP contribution in [-0.2, 0) is 11.3 Å². The van der Waals surface area contributed by atoms with Gasteiger partial charge in [-0.2, -0.15) is 5.10 Å². The van der Waals surface area contributed by atoms with Crippen LogP contribution in [0.4, 0.5) is 5.69 Å². The Bertz CT molecular complexity index is 1540. The van der Waals surface area contributed by atoms with Crippen LogP contribution in [0.15, 0.2) is 114 Å². The Morgan fingerprint density at radius 3 is 2.20 bits per heavy atom. The van der Waals surface area contributed by atoms with Gasteiger partial charge in [-0.15, -0.1) is 11.8 Å². The largest absolute Gasteiger partial charge is 0.322 e. The number of nitrogens with zero attached hydrogens (tertiary/aromatic N) is 2. The first-order valence-corrected chi connectivity index (χ1v) is 13.9. The number of hydrogen-bond donors (Lipinski definition) is 2. The maximum atomic E-state index is 12.8. The third-order valence-electron chi connectivity index (χ3n) is 6.52. The second-order valence-electron chi connectivity index (χ2n) is 9.33. The molecule has 5 rings (SSSR count). The first kappa shape index (κ1) is 26.9. The first-order chi connectivity index (χ1) is 19.5. The van der Waals surface area contributed by atoms with E-state index in [0.717, 1.165) is 16.7 Å². The lowest BCUT2D eigenvalue weighted by molar-refractivity contribution is -0.128. The normalized spacial score (nSPS) is 15.1. The number of anilines is 1. The fourth-order valence-electron chi connectivity index (χ4n) is 4.36. The third-order valence-corrected chi connectivity index (χ3v) is 7.78. The van der Waals surface area contributed by atoms with Gasteiger partial charge in [0.25, 0.3) is 11.8 Å². The molecule has 7 nitrogen and oxygen atoms in total. The zero-order chi connectivity index (χ0) is 27.9. The summed E-state index contributed by atoms with van der Waals surface area (Å²) in [5, 5.41) is 7.05. The molecule has 1 heterocycles. The van der Waals surface area contributed by atoms with Crippen molar-refractivity contribution < 1.29 is 14.4 Å². The van der Waals surface area contributed by atoms with Crippen molar-refractivity contribution in [1.29, 1.82) is 0 Å². The van der Waals surface area contributed by atoms with Crippen LogP contribution in [-0.4, -0.2) is 34.1 Å². The lowest BCUT2D eigenvalue weighted by atomic mass is 10.1. The number of rotatable bonds is 8. The van der Waals surface area contributed by atoms with Crippen molar-refractivity contribution in [3.8, 4) is 0 Å². The second kappa shape index (κ2) is 12.4. The molecule has 2 N–H and O–H groups in total. The van der Waals surface area contributed by atoms with E-state index < -0.39 is 0 Å². The van der Waals surface area contributed by atoms with Crippen molar-refractivity contribution in [2.45, 2.75) is 18.8 Å². The van der Waals surface area contributed by atoms with Crippen molar-refractivity contribution in [2.24, 2.45) is 5.10 Å². The van der Waals surface area contributed by atoms with E-state index in [1.165, 1.54) is 0 Å². The standard InChI is InChI=1S/C32H28N4O3S/c1-22(27-13-8-14-28(19-27)33-30(38)24-11-6-3-7-12-24)34-35-31(39)25-15-17-26(18-16-25)32-36(29(37)21-40-32)20-23-9-4-2-5-10-23/h2-19,32H,20-21H2,1H3,(H,33,38)(H,35,39)/b34-22-/t32-/m0/s1. The molecule has 1 aliphatic heterocycles. The molecule has 0 bridgehead atoms. The van der Waals surface area contributed by atoms with E-state index in [1.54, 1.807) is 49.0 Å². The number of hydrazone groups is 1. The molecular weight excluding hydrogens is 520 g/mol. The highest BCUT2D eigenvalue weighted by Gasteiger charge is 2.32. The topological polar surface area (TPSA) is 90.9 Å². The number of carbonyl (C=O) groups is 3. The van der Waals surface area contributed by atoms with Gasteiger partial charge in [0.1, 0.15) is 5.37 Å². The molecule has 1 aliphatic rings. The van der Waals surface area contributed by atoms with E-state index in [-0.39, 0.29) is 23.1 Å². The van der Waals surface area contributed by atoms with Gasteiger partial charge in [-0.25, -0.2) is 5.43 Å². The van der Waals surface area contributed by atoms with Gasteiger partial charge in [0.2, 0.25) is 5.91 Å². The first-order valence-electron chi connectivity index (χ1n) is 12.8. The Kier molecular flexibility index (Phi) is 8.37. The molecule has 0 spiro atoms. The van der Waals surface area contributed by atoms with Crippen LogP contribution in [0, 0.1) is 0 Å². The van der Waals surface area contributed by atoms with E-state index in [1.807, 2.05) is 83.8 Å². The third kappa shape index (κ3) is 6.47. The van der Waals surface area contributed by atoms with Crippen LogP contribution >= 0.6 is 11.8 Å². The van der Waals surface area contributed by atoms with Crippen LogP contribution in [0.1, 0.15) is 49.7 Å². The molecule has 4 aromatic carbocycles. The summed E-state index contributed by atoms with van der Waals surface area (Å²) < 4.78 is 0. The SMILES string of the molecule is C/C(=N/NC(=O)c1ccc([C@@H]2SCC(=O)N2Cc2ccccc2)cc1)c1cccc(NC(=O)c2ccccc2)c1. The fraction of sp³-hybridized carbons (Fsp3) is 0.125. The summed E-state index contributed by atoms with van der Waals surface area (Å²) in [5.41, 5.74) is 7.69. The molecule has 0 aromatic heterocycles. The fourth-order valence-corrected chi connectivity index (χ4v) is 5.55. The molecule has 1 saturated heterocycles. The van der Waals surface area contributed by atoms with Crippen LogP contribution in [0.25, 0.3) is 0 Å². The minimum atomic E-state index is -0.337. The molecule has 40 heavy (non-hydrogen) atoms. The summed E-state index contributed by atoms with van der Waals surface area (Å²) in [4.78, 5) is 39.7. The van der Waals surface area contributed by atoms with Gasteiger partial charge in [-0.05, 0) is 60.0 Å². The second-order valence-corrected chi connectivity index (χ2v) is 10.4. The summed E-state index contributed by atoms with van der Waals surface area (Å²) in [6.45, 7) is 2.34. The van der Waals surface area contributed by atoms with Crippen molar-refractivity contribution >= 4 is 40.9 Å². The molecule has 1 atom stereocenters. The molecule has 1 fully saturated rings. The summed E-state index contributed by atoms with van der Waals surface area (Å²) in [6.07, 6.45) is 0. The quantitative estimate of drug-likeness (QED) is 0.213. The molecule has 0 saturated carbocycles. The highest BCUT2D eigenvalue weighted by molar-refractivity contribution is 8.00. The summed E-state index contributed by atoms with van der Waals surface area (Å²) in [6, 6.07) is 33.5. The number of thioether (sulfide) groups is 1. The maximum absolute atomic E-state index is 12.8. The van der Waals surface area contributed by atoms with Crippen LogP contribution in [0.2, 0.25) is 0 Å². The maximum Gasteiger partial charge on any atom is 0.271 e. The number of benzene rings is 4. The molecule has 200 valence electrons. The smallest absolute Gasteiger partial charge is 0.271 e. The predicted molar refractivity (Wildman–Crippen MR) is 159 cm³/mol. The number of nitrogens with one attached hydrogen (secondary N) is 2. The molecule has 0 unspecified atom stereocenters. The Labute approximate surface area is 237 Å². The average molecular weight is 549 g/mol. The predicted octanol–water partition coefficient (Wildman–Crippen LogP) is 5.87. The Morgan fingerprint density at radius 1 is 0.825 bits per heavy atom. The lowest BCUT2D eigenvalue weighted by Gasteiger charge is -2.24. The van der Waals surface area contributed by atoms with E-state index in [2.05, 4.69) is 15.8 Å². The highest BCUT2D eigenvalue weighted by atomic mass is 32.2. The van der Waals surface area contributed by atoms with Gasteiger partial charge in [0, 0.05) is 23.4 Å². The average Bonchev–Trinajstić information content (AvgIpc) is 3.36. The zero-order valence-electron chi connectivity index (χ0n) is 21.9. The molecule has 0 aliphatic carbocycles. The van der Waals surface area contributed by atoms with Crippen molar-refractivity contribution in [1.82, 2.24) is 10.3 Å². The van der Waals surface area contributed by atoms with Gasteiger partial charge in [0.05, 0.1) is 11.5 Å². The monoisotopic (exact) mass is 548 g/mol. The molecular formula is C32H28N4O3S. The summed E-state index contributed by atoms with van der Waals surface area (Å²) >= 11 is 1.59. The number of amides is 3. The Hall–Kier alpha value is -4.69. The van der Waals surface area contributed by atoms with E-state index in [9.17, 15) is 14.4 Å². The lowest BCUT2D eigenvalue weighted by Crippen LogP contribution is -2.27. The van der Waals surface area contributed by atoms with Crippen molar-refractivity contribution in [2.75, 3.05) is 11.1 Å². The Morgan fingerprint density at radius 2 is 1.48 bits per heavy atom. The highest BCUT2D eigenvalue weighted by Crippen LogP contribution is 2.39. The van der Waals surface area contributed by atoms with Gasteiger partial charge in [-0.3, -0.25) is 14.4 Å². The number of hydrogen-bond acceptors (Lipinski definition) is 5. The van der Waals surface area contributed by atoms with Crippen LogP contribution < -0.4 is 10.7 Å². The van der Waals surface area contributed by atoms with Crippen LogP contribution in [0.3, 0.4) is 0 Å². The summed E-state index contributed by atoms with van der Waals surface area (Å²) in [7, 11) is 0. The molecule has 0 radical (unpaired) electrons. The van der Waals surface area contributed by atoms with E-state index in [4.69, 9.17) is 0 Å². The van der Waals surface area contributed by atoms with Crippen molar-refractivity contribution in [3.63, 3.8) is 0 Å².